The topological polar surface area (TPSA) is 83.5 Å². The summed E-state index contributed by atoms with van der Waals surface area (Å²) >= 11 is 8.28. The van der Waals surface area contributed by atoms with Gasteiger partial charge in [-0.25, -0.2) is 13.2 Å². The molecule has 1 aromatic rings. The van der Waals surface area contributed by atoms with Crippen LogP contribution in [0.3, 0.4) is 0 Å². The maximum Gasteiger partial charge on any atom is 0.339 e. The highest BCUT2D eigenvalue weighted by Crippen LogP contribution is 2.23. The van der Waals surface area contributed by atoms with Crippen molar-refractivity contribution in [1.82, 2.24) is 0 Å². The van der Waals surface area contributed by atoms with Crippen LogP contribution in [0.25, 0.3) is 0 Å². The fourth-order valence-corrected chi connectivity index (χ4v) is 5.56. The van der Waals surface area contributed by atoms with Gasteiger partial charge in [0.25, 0.3) is 0 Å². The van der Waals surface area contributed by atoms with Crippen molar-refractivity contribution in [2.24, 2.45) is 5.92 Å². The molecule has 1 rings (SSSR count). The van der Waals surface area contributed by atoms with Gasteiger partial charge in [0.05, 0.1) is 22.3 Å². The van der Waals surface area contributed by atoms with E-state index in [2.05, 4.69) is 67.8 Å². The van der Waals surface area contributed by atoms with Crippen LogP contribution in [0.2, 0.25) is 0 Å². The van der Waals surface area contributed by atoms with Crippen LogP contribution >= 0.6 is 90.4 Å². The second-order valence-electron chi connectivity index (χ2n) is 4.09. The number of carbonyl (C=O) groups excluding carboxylic acids is 1. The van der Waals surface area contributed by atoms with Crippen molar-refractivity contribution in [3.8, 4) is 0 Å². The number of alkyl halides is 1. The molecule has 0 N–H and O–H groups in total. The third-order valence-corrected chi connectivity index (χ3v) is 8.11. The number of carbonyl (C=O) groups is 1. The van der Waals surface area contributed by atoms with Crippen molar-refractivity contribution in [3.05, 3.63) is 28.4 Å². The number of esters is 1. The van der Waals surface area contributed by atoms with Crippen LogP contribution < -0.4 is 0 Å². The van der Waals surface area contributed by atoms with Gasteiger partial charge in [0.15, 0.2) is 0 Å². The Labute approximate surface area is 177 Å². The summed E-state index contributed by atoms with van der Waals surface area (Å²) in [5, 5.41) is 0. The van der Waals surface area contributed by atoms with Crippen molar-refractivity contribution in [3.63, 3.8) is 0 Å². The summed E-state index contributed by atoms with van der Waals surface area (Å²) < 4.78 is 40.5. The first-order valence-corrected chi connectivity index (χ1v) is 11.8. The zero-order valence-electron chi connectivity index (χ0n) is 10.3. The van der Waals surface area contributed by atoms with E-state index in [4.69, 9.17) is 4.74 Å². The first-order chi connectivity index (χ1) is 9.64. The molecule has 0 bridgehead atoms. The predicted octanol–water partition coefficient (Wildman–Crippen LogP) is 3.25. The van der Waals surface area contributed by atoms with Gasteiger partial charge in [0.1, 0.15) is 0 Å². The molecule has 0 saturated carbocycles. The predicted molar refractivity (Wildman–Crippen MR) is 112 cm³/mol. The lowest BCUT2D eigenvalue weighted by Crippen LogP contribution is -2.23. The molecule has 5 nitrogen and oxygen atoms in total. The molecule has 0 aromatic heterocycles. The van der Waals surface area contributed by atoms with Crippen molar-refractivity contribution in [2.75, 3.05) is 16.8 Å². The van der Waals surface area contributed by atoms with E-state index < -0.39 is 27.8 Å². The van der Waals surface area contributed by atoms with Gasteiger partial charge in [-0.15, -0.1) is 0 Å². The van der Waals surface area contributed by atoms with Gasteiger partial charge in [-0.05, 0) is 79.9 Å². The minimum absolute atomic E-state index is 0.0820. The minimum atomic E-state index is -4.32. The molecular weight excluding hydrogens is 752 g/mol. The second kappa shape index (κ2) is 9.12. The van der Waals surface area contributed by atoms with Crippen molar-refractivity contribution in [1.29, 1.82) is 0 Å². The molecule has 1 unspecified atom stereocenters. The molecule has 0 spiro atoms. The lowest BCUT2D eigenvalue weighted by molar-refractivity contribution is 0.0461. The van der Waals surface area contributed by atoms with E-state index in [9.17, 15) is 17.8 Å². The monoisotopic (exact) mass is 761 g/mol. The number of benzene rings is 1. The van der Waals surface area contributed by atoms with Gasteiger partial charge >= 0.3 is 5.97 Å². The lowest BCUT2D eigenvalue weighted by Gasteiger charge is -2.17. The number of rotatable bonds is 6. The number of hydrogen-bond acceptors (Lipinski definition) is 5. The molecule has 21 heavy (non-hydrogen) atoms. The standard InChI is InChI=1S/C11H10I4O5S/c12-3-6(5-21(17,18)19)4-20-11(16)8-1-7(13)2-9(14)10(8)15/h1-2,6H,3-5H2,(H,17,18,19)/p-1. The van der Waals surface area contributed by atoms with Gasteiger partial charge in [-0.1, -0.05) is 22.6 Å². The highest BCUT2D eigenvalue weighted by molar-refractivity contribution is 14.1. The third kappa shape index (κ3) is 7.30. The Hall–Kier alpha value is 1.52. The Morgan fingerprint density at radius 2 is 1.90 bits per heavy atom. The average Bonchev–Trinajstić information content (AvgIpc) is 2.37. The Bertz CT molecular complexity index is 632. The molecule has 0 saturated heterocycles. The third-order valence-electron chi connectivity index (χ3n) is 2.32. The number of ether oxygens (including phenoxy) is 1. The summed E-state index contributed by atoms with van der Waals surface area (Å²) in [5.74, 6) is -1.52. The van der Waals surface area contributed by atoms with Crippen LogP contribution in [0.15, 0.2) is 12.1 Å². The average molecular weight is 761 g/mol. The molecule has 0 fully saturated rings. The van der Waals surface area contributed by atoms with Gasteiger partial charge in [-0.2, -0.15) is 0 Å². The zero-order chi connectivity index (χ0) is 16.2. The Morgan fingerprint density at radius 1 is 1.29 bits per heavy atom. The SMILES string of the molecule is O=C(OCC(CI)CS(=O)(=O)[O-])c1cc(I)cc(I)c1I. The zero-order valence-corrected chi connectivity index (χ0v) is 19.8. The highest BCUT2D eigenvalue weighted by atomic mass is 127. The first-order valence-electron chi connectivity index (χ1n) is 5.45. The van der Waals surface area contributed by atoms with Crippen LogP contribution in [0.5, 0.6) is 0 Å². The highest BCUT2D eigenvalue weighted by Gasteiger charge is 2.18. The van der Waals surface area contributed by atoms with E-state index in [1.807, 2.05) is 28.7 Å². The van der Waals surface area contributed by atoms with Crippen LogP contribution in [-0.2, 0) is 14.9 Å². The summed E-state index contributed by atoms with van der Waals surface area (Å²) in [6.07, 6.45) is 0. The van der Waals surface area contributed by atoms with Gasteiger partial charge in [0, 0.05) is 26.8 Å². The molecule has 0 radical (unpaired) electrons. The van der Waals surface area contributed by atoms with E-state index in [0.717, 1.165) is 10.7 Å². The fraction of sp³-hybridized carbons (Fsp3) is 0.364. The molecule has 1 atom stereocenters. The maximum atomic E-state index is 12.1. The summed E-state index contributed by atoms with van der Waals surface area (Å²) in [5.41, 5.74) is 0.448. The number of hydrogen-bond donors (Lipinski definition) is 0. The molecule has 0 heterocycles. The quantitative estimate of drug-likeness (QED) is 0.146. The van der Waals surface area contributed by atoms with Crippen molar-refractivity contribution in [2.45, 2.75) is 0 Å². The van der Waals surface area contributed by atoms with E-state index in [1.165, 1.54) is 0 Å². The van der Waals surface area contributed by atoms with E-state index in [0.29, 0.717) is 9.99 Å². The summed E-state index contributed by atoms with van der Waals surface area (Å²) in [6, 6.07) is 3.66. The summed E-state index contributed by atoms with van der Waals surface area (Å²) in [7, 11) is -4.32. The Kier molecular flexibility index (Phi) is 8.93. The molecule has 0 aliphatic carbocycles. The van der Waals surface area contributed by atoms with Gasteiger partial charge in [-0.3, -0.25) is 0 Å². The van der Waals surface area contributed by atoms with E-state index in [1.54, 1.807) is 6.07 Å². The minimum Gasteiger partial charge on any atom is -0.748 e. The Balaban J connectivity index is 2.78. The smallest absolute Gasteiger partial charge is 0.339 e. The van der Waals surface area contributed by atoms with Gasteiger partial charge < -0.3 is 9.29 Å². The Morgan fingerprint density at radius 3 is 2.43 bits per heavy atom. The second-order valence-corrected chi connectivity index (χ2v) is 9.91. The summed E-state index contributed by atoms with van der Waals surface area (Å²) in [4.78, 5) is 12.1. The van der Waals surface area contributed by atoms with Crippen LogP contribution in [0, 0.1) is 16.6 Å². The van der Waals surface area contributed by atoms with E-state index in [-0.39, 0.29) is 6.61 Å². The van der Waals surface area contributed by atoms with Crippen LogP contribution in [0.1, 0.15) is 10.4 Å². The van der Waals surface area contributed by atoms with Crippen LogP contribution in [-0.4, -0.2) is 35.7 Å². The van der Waals surface area contributed by atoms with Crippen molar-refractivity contribution < 1.29 is 22.5 Å². The molecular formula is C11H9I4O5S-. The normalized spacial score (nSPS) is 13.0. The van der Waals surface area contributed by atoms with E-state index >= 15 is 0 Å². The molecule has 1 aromatic carbocycles. The lowest BCUT2D eigenvalue weighted by atomic mass is 10.2. The number of halogens is 4. The largest absolute Gasteiger partial charge is 0.748 e. The first kappa shape index (κ1) is 20.6. The molecule has 10 heteroatoms. The molecule has 118 valence electrons. The molecule has 0 aliphatic heterocycles. The molecule has 0 aliphatic rings. The van der Waals surface area contributed by atoms with Crippen LogP contribution in [0.4, 0.5) is 0 Å². The maximum absolute atomic E-state index is 12.1. The fourth-order valence-electron chi connectivity index (χ4n) is 1.40. The molecule has 0 amide bonds. The van der Waals surface area contributed by atoms with Gasteiger partial charge in [0.2, 0.25) is 0 Å². The summed E-state index contributed by atoms with van der Waals surface area (Å²) in [6.45, 7) is -0.0820. The van der Waals surface area contributed by atoms with Crippen molar-refractivity contribution >= 4 is 106 Å².